The molecule has 1 fully saturated rings. The van der Waals surface area contributed by atoms with Crippen molar-refractivity contribution >= 4 is 28.9 Å². The SMILES string of the molecule is COCCN(CC(=O)N1N=C(c2cccs2)C[C@H]1c1cccn1C)C(=O)C1CC1. The van der Waals surface area contributed by atoms with Crippen LogP contribution in [-0.2, 0) is 21.4 Å². The van der Waals surface area contributed by atoms with E-state index in [1.165, 1.54) is 0 Å². The first-order valence-electron chi connectivity index (χ1n) is 9.91. The fourth-order valence-corrected chi connectivity index (χ4v) is 4.40. The van der Waals surface area contributed by atoms with Gasteiger partial charge in [-0.2, -0.15) is 5.10 Å². The summed E-state index contributed by atoms with van der Waals surface area (Å²) in [5.74, 6) is -0.0487. The van der Waals surface area contributed by atoms with E-state index in [9.17, 15) is 9.59 Å². The zero-order chi connectivity index (χ0) is 20.4. The molecule has 0 aromatic carbocycles. The van der Waals surface area contributed by atoms with Crippen molar-refractivity contribution in [2.24, 2.45) is 18.1 Å². The molecule has 29 heavy (non-hydrogen) atoms. The Morgan fingerprint density at radius 2 is 2.14 bits per heavy atom. The van der Waals surface area contributed by atoms with Gasteiger partial charge in [-0.1, -0.05) is 6.07 Å². The van der Waals surface area contributed by atoms with Crippen LogP contribution >= 0.6 is 11.3 Å². The molecule has 4 rings (SSSR count). The lowest BCUT2D eigenvalue weighted by molar-refractivity contribution is -0.142. The first kappa shape index (κ1) is 19.8. The summed E-state index contributed by atoms with van der Waals surface area (Å²) in [7, 11) is 3.58. The zero-order valence-electron chi connectivity index (χ0n) is 16.8. The highest BCUT2D eigenvalue weighted by Crippen LogP contribution is 2.34. The third-order valence-electron chi connectivity index (χ3n) is 5.43. The van der Waals surface area contributed by atoms with Gasteiger partial charge in [-0.05, 0) is 36.4 Å². The Bertz CT molecular complexity index is 901. The molecule has 0 saturated heterocycles. The minimum atomic E-state index is -0.167. The van der Waals surface area contributed by atoms with Crippen LogP contribution in [0.3, 0.4) is 0 Å². The van der Waals surface area contributed by atoms with Crippen LogP contribution in [0.25, 0.3) is 0 Å². The van der Waals surface area contributed by atoms with Crippen molar-refractivity contribution in [3.63, 3.8) is 0 Å². The summed E-state index contributed by atoms with van der Waals surface area (Å²) in [6.07, 6.45) is 4.46. The Hall–Kier alpha value is -2.45. The van der Waals surface area contributed by atoms with Gasteiger partial charge in [0.25, 0.3) is 5.91 Å². The van der Waals surface area contributed by atoms with Gasteiger partial charge in [0, 0.05) is 44.9 Å². The van der Waals surface area contributed by atoms with Gasteiger partial charge in [0.15, 0.2) is 0 Å². The molecule has 2 aromatic heterocycles. The molecule has 1 aliphatic heterocycles. The summed E-state index contributed by atoms with van der Waals surface area (Å²) in [6.45, 7) is 0.860. The maximum atomic E-state index is 13.3. The van der Waals surface area contributed by atoms with Gasteiger partial charge in [0.1, 0.15) is 12.6 Å². The molecule has 2 amide bonds. The van der Waals surface area contributed by atoms with E-state index in [1.807, 2.05) is 47.5 Å². The van der Waals surface area contributed by atoms with Crippen LogP contribution in [0, 0.1) is 5.92 Å². The topological polar surface area (TPSA) is 67.1 Å². The van der Waals surface area contributed by atoms with Crippen LogP contribution in [0.1, 0.15) is 35.9 Å². The summed E-state index contributed by atoms with van der Waals surface area (Å²) in [5.41, 5.74) is 1.95. The number of carbonyl (C=O) groups excluding carboxylic acids is 2. The number of ether oxygens (including phenoxy) is 1. The molecular weight excluding hydrogens is 388 g/mol. The summed E-state index contributed by atoms with van der Waals surface area (Å²) in [4.78, 5) is 28.6. The van der Waals surface area contributed by atoms with E-state index in [0.717, 1.165) is 29.1 Å². The Labute approximate surface area is 174 Å². The molecule has 0 spiro atoms. The molecule has 2 aliphatic rings. The highest BCUT2D eigenvalue weighted by atomic mass is 32.1. The van der Waals surface area contributed by atoms with Crippen LogP contribution in [-0.4, -0.2) is 58.8 Å². The Balaban J connectivity index is 1.56. The predicted octanol–water partition coefficient (Wildman–Crippen LogP) is 2.65. The second-order valence-corrected chi connectivity index (χ2v) is 8.50. The van der Waals surface area contributed by atoms with Gasteiger partial charge >= 0.3 is 0 Å². The average molecular weight is 415 g/mol. The van der Waals surface area contributed by atoms with E-state index >= 15 is 0 Å². The van der Waals surface area contributed by atoms with Gasteiger partial charge in [-0.25, -0.2) is 5.01 Å². The summed E-state index contributed by atoms with van der Waals surface area (Å²) in [6, 6.07) is 7.85. The fourth-order valence-electron chi connectivity index (χ4n) is 3.68. The number of hydrogen-bond acceptors (Lipinski definition) is 5. The second kappa shape index (κ2) is 8.51. The minimum Gasteiger partial charge on any atom is -0.383 e. The average Bonchev–Trinajstić information content (AvgIpc) is 3.10. The maximum Gasteiger partial charge on any atom is 0.262 e. The Morgan fingerprint density at radius 1 is 1.31 bits per heavy atom. The van der Waals surface area contributed by atoms with Crippen molar-refractivity contribution in [3.05, 3.63) is 46.4 Å². The smallest absolute Gasteiger partial charge is 0.262 e. The standard InChI is InChI=1S/C21H26N4O3S/c1-23-9-3-5-17(23)18-13-16(19-6-4-12-29-19)22-25(18)20(26)14-24(10-11-28-2)21(27)15-7-8-15/h3-6,9,12,15,18H,7-8,10-11,13-14H2,1-2H3/t18-/m0/s1. The number of amides is 2. The van der Waals surface area contributed by atoms with Gasteiger partial charge < -0.3 is 14.2 Å². The van der Waals surface area contributed by atoms with Crippen LogP contribution < -0.4 is 0 Å². The lowest BCUT2D eigenvalue weighted by Crippen LogP contribution is -2.43. The van der Waals surface area contributed by atoms with Crippen LogP contribution in [0.5, 0.6) is 0 Å². The van der Waals surface area contributed by atoms with E-state index in [1.54, 1.807) is 28.4 Å². The minimum absolute atomic E-state index is 0.0286. The number of rotatable bonds is 8. The molecule has 2 aromatic rings. The monoisotopic (exact) mass is 414 g/mol. The second-order valence-electron chi connectivity index (χ2n) is 7.55. The number of thiophene rings is 1. The van der Waals surface area contributed by atoms with Gasteiger partial charge in [0.05, 0.1) is 17.2 Å². The quantitative estimate of drug-likeness (QED) is 0.667. The zero-order valence-corrected chi connectivity index (χ0v) is 17.6. The van der Waals surface area contributed by atoms with E-state index in [0.29, 0.717) is 19.6 Å². The lowest BCUT2D eigenvalue weighted by atomic mass is 10.1. The van der Waals surface area contributed by atoms with Crippen LogP contribution in [0.2, 0.25) is 0 Å². The molecule has 1 saturated carbocycles. The van der Waals surface area contributed by atoms with Gasteiger partial charge in [0.2, 0.25) is 5.91 Å². The van der Waals surface area contributed by atoms with Crippen molar-refractivity contribution in [2.45, 2.75) is 25.3 Å². The number of nitrogens with zero attached hydrogens (tertiary/aromatic N) is 4. The molecule has 0 N–H and O–H groups in total. The highest BCUT2D eigenvalue weighted by molar-refractivity contribution is 7.12. The molecule has 154 valence electrons. The summed E-state index contributed by atoms with van der Waals surface area (Å²) >= 11 is 1.62. The number of hydrazone groups is 1. The van der Waals surface area contributed by atoms with Crippen molar-refractivity contribution in [1.29, 1.82) is 0 Å². The Morgan fingerprint density at radius 3 is 2.76 bits per heavy atom. The molecule has 3 heterocycles. The molecule has 8 heteroatoms. The van der Waals surface area contributed by atoms with Crippen LogP contribution in [0.15, 0.2) is 40.9 Å². The Kier molecular flexibility index (Phi) is 5.82. The number of aryl methyl sites for hydroxylation is 1. The van der Waals surface area contributed by atoms with Crippen LogP contribution in [0.4, 0.5) is 0 Å². The van der Waals surface area contributed by atoms with Crippen molar-refractivity contribution in [2.75, 3.05) is 26.8 Å². The molecule has 1 aliphatic carbocycles. The summed E-state index contributed by atoms with van der Waals surface area (Å²) in [5, 5.41) is 8.28. The molecule has 0 unspecified atom stereocenters. The first-order valence-corrected chi connectivity index (χ1v) is 10.8. The molecular formula is C21H26N4O3S. The van der Waals surface area contributed by atoms with E-state index in [2.05, 4.69) is 0 Å². The van der Waals surface area contributed by atoms with Crippen molar-refractivity contribution in [3.8, 4) is 0 Å². The van der Waals surface area contributed by atoms with Gasteiger partial charge in [-0.15, -0.1) is 11.3 Å². The third-order valence-corrected chi connectivity index (χ3v) is 6.35. The van der Waals surface area contributed by atoms with E-state index < -0.39 is 0 Å². The third kappa shape index (κ3) is 4.28. The molecule has 1 atom stereocenters. The summed E-state index contributed by atoms with van der Waals surface area (Å²) < 4.78 is 7.17. The number of carbonyl (C=O) groups is 2. The van der Waals surface area contributed by atoms with Gasteiger partial charge in [-0.3, -0.25) is 9.59 Å². The first-order chi connectivity index (χ1) is 14.1. The maximum absolute atomic E-state index is 13.3. The normalized spacial score (nSPS) is 18.8. The lowest BCUT2D eigenvalue weighted by Gasteiger charge is -2.27. The largest absolute Gasteiger partial charge is 0.383 e. The predicted molar refractivity (Wildman–Crippen MR) is 112 cm³/mol. The van der Waals surface area contributed by atoms with E-state index in [4.69, 9.17) is 9.84 Å². The van der Waals surface area contributed by atoms with E-state index in [-0.39, 0.29) is 30.3 Å². The number of aromatic nitrogens is 1. The molecule has 0 bridgehead atoms. The number of methoxy groups -OCH3 is 1. The molecule has 0 radical (unpaired) electrons. The number of hydrogen-bond donors (Lipinski definition) is 0. The van der Waals surface area contributed by atoms with Crippen molar-refractivity contribution < 1.29 is 14.3 Å². The molecule has 7 nitrogen and oxygen atoms in total. The van der Waals surface area contributed by atoms with Crippen molar-refractivity contribution in [1.82, 2.24) is 14.5 Å². The highest BCUT2D eigenvalue weighted by Gasteiger charge is 2.38. The fraction of sp³-hybridized carbons (Fsp3) is 0.476.